The largest absolute Gasteiger partial charge is 0.368 e. The summed E-state index contributed by atoms with van der Waals surface area (Å²) in [6.07, 6.45) is 0. The molecule has 0 amide bonds. The van der Waals surface area contributed by atoms with E-state index in [9.17, 15) is 5.26 Å². The second-order valence-electron chi connectivity index (χ2n) is 4.52. The number of halogens is 1. The van der Waals surface area contributed by atoms with E-state index in [4.69, 9.17) is 0 Å². The molecule has 0 aromatic heterocycles. The number of likely N-dealkylation sites (N-methyl/N-ethyl adjacent to an activating group) is 1. The highest BCUT2D eigenvalue weighted by Crippen LogP contribution is 2.23. The van der Waals surface area contributed by atoms with Crippen molar-refractivity contribution in [3.8, 4) is 6.07 Å². The maximum atomic E-state index is 9.26. The second kappa shape index (κ2) is 6.21. The van der Waals surface area contributed by atoms with Crippen LogP contribution in [0.3, 0.4) is 0 Å². The molecule has 3 nitrogen and oxygen atoms in total. The van der Waals surface area contributed by atoms with Crippen LogP contribution in [-0.4, -0.2) is 37.6 Å². The molecule has 1 aromatic rings. The Bertz CT molecular complexity index is 445. The molecule has 0 saturated carbocycles. The van der Waals surface area contributed by atoms with Gasteiger partial charge < -0.3 is 9.80 Å². The Hall–Kier alpha value is -1.05. The van der Waals surface area contributed by atoms with Gasteiger partial charge in [-0.25, -0.2) is 0 Å². The number of hydrogen-bond donors (Lipinski definition) is 0. The van der Waals surface area contributed by atoms with E-state index in [1.807, 2.05) is 6.07 Å². The number of benzene rings is 1. The van der Waals surface area contributed by atoms with E-state index < -0.39 is 0 Å². The van der Waals surface area contributed by atoms with Crippen molar-refractivity contribution in [1.29, 1.82) is 5.26 Å². The molecule has 1 heterocycles. The Kier molecular flexibility index (Phi) is 4.62. The van der Waals surface area contributed by atoms with Crippen molar-refractivity contribution in [2.45, 2.75) is 12.3 Å². The highest BCUT2D eigenvalue weighted by Gasteiger charge is 2.18. The van der Waals surface area contributed by atoms with Crippen LogP contribution in [0.1, 0.15) is 18.1 Å². The van der Waals surface area contributed by atoms with Crippen LogP contribution in [0.5, 0.6) is 0 Å². The van der Waals surface area contributed by atoms with Crippen molar-refractivity contribution in [3.05, 3.63) is 29.3 Å². The first-order valence-corrected chi connectivity index (χ1v) is 7.47. The average Bonchev–Trinajstić information content (AvgIpc) is 2.46. The normalized spacial score (nSPS) is 16.6. The third-order valence-electron chi connectivity index (χ3n) is 3.50. The van der Waals surface area contributed by atoms with Crippen molar-refractivity contribution >= 4 is 21.6 Å². The molecule has 0 bridgehead atoms. The molecule has 96 valence electrons. The molecule has 0 spiro atoms. The lowest BCUT2D eigenvalue weighted by Gasteiger charge is -2.36. The van der Waals surface area contributed by atoms with E-state index in [1.54, 1.807) is 0 Å². The lowest BCUT2D eigenvalue weighted by atomic mass is 10.1. The number of rotatable bonds is 3. The topological polar surface area (TPSA) is 30.3 Å². The maximum absolute atomic E-state index is 9.26. The Balaban J connectivity index is 2.16. The van der Waals surface area contributed by atoms with Crippen LogP contribution in [-0.2, 0) is 5.33 Å². The molecule has 2 rings (SSSR count). The number of alkyl halides is 1. The first-order chi connectivity index (χ1) is 8.78. The van der Waals surface area contributed by atoms with Crippen LogP contribution in [0.25, 0.3) is 0 Å². The first-order valence-electron chi connectivity index (χ1n) is 6.34. The SMILES string of the molecule is CCN1CCN(c2ccc(CBr)cc2C#N)CC1. The number of nitriles is 1. The summed E-state index contributed by atoms with van der Waals surface area (Å²) in [5.41, 5.74) is 3.03. The minimum Gasteiger partial charge on any atom is -0.368 e. The summed E-state index contributed by atoms with van der Waals surface area (Å²) in [5.74, 6) is 0. The van der Waals surface area contributed by atoms with E-state index in [0.717, 1.165) is 54.9 Å². The van der Waals surface area contributed by atoms with E-state index in [1.165, 1.54) is 0 Å². The Morgan fingerprint density at radius 3 is 2.56 bits per heavy atom. The average molecular weight is 308 g/mol. The van der Waals surface area contributed by atoms with Crippen LogP contribution in [0.4, 0.5) is 5.69 Å². The van der Waals surface area contributed by atoms with Crippen molar-refractivity contribution < 1.29 is 0 Å². The van der Waals surface area contributed by atoms with Gasteiger partial charge in [0.1, 0.15) is 6.07 Å². The predicted octanol–water partition coefficient (Wildman–Crippen LogP) is 2.60. The van der Waals surface area contributed by atoms with Gasteiger partial charge in [0, 0.05) is 31.5 Å². The lowest BCUT2D eigenvalue weighted by molar-refractivity contribution is 0.271. The molecule has 1 aliphatic heterocycles. The lowest BCUT2D eigenvalue weighted by Crippen LogP contribution is -2.46. The van der Waals surface area contributed by atoms with E-state index in [0.29, 0.717) is 0 Å². The Morgan fingerprint density at radius 2 is 2.00 bits per heavy atom. The van der Waals surface area contributed by atoms with Crippen LogP contribution in [0, 0.1) is 11.3 Å². The molecule has 18 heavy (non-hydrogen) atoms. The van der Waals surface area contributed by atoms with Gasteiger partial charge in [-0.05, 0) is 24.2 Å². The van der Waals surface area contributed by atoms with Gasteiger partial charge in [-0.3, -0.25) is 0 Å². The molecule has 1 fully saturated rings. The van der Waals surface area contributed by atoms with Gasteiger partial charge in [0.2, 0.25) is 0 Å². The van der Waals surface area contributed by atoms with Gasteiger partial charge in [0.15, 0.2) is 0 Å². The number of nitrogens with zero attached hydrogens (tertiary/aromatic N) is 3. The molecule has 1 saturated heterocycles. The van der Waals surface area contributed by atoms with Crippen LogP contribution < -0.4 is 4.90 Å². The van der Waals surface area contributed by atoms with Crippen LogP contribution in [0.15, 0.2) is 18.2 Å². The summed E-state index contributed by atoms with van der Waals surface area (Å²) in [6, 6.07) is 8.47. The Labute approximate surface area is 117 Å². The summed E-state index contributed by atoms with van der Waals surface area (Å²) in [7, 11) is 0. The molecule has 4 heteroatoms. The third kappa shape index (κ3) is 2.85. The maximum Gasteiger partial charge on any atom is 0.101 e. The number of anilines is 1. The number of piperazine rings is 1. The minimum absolute atomic E-state index is 0.789. The fourth-order valence-corrected chi connectivity index (χ4v) is 2.69. The molecule has 0 unspecified atom stereocenters. The van der Waals surface area contributed by atoms with Gasteiger partial charge in [0.25, 0.3) is 0 Å². The Morgan fingerprint density at radius 1 is 1.28 bits per heavy atom. The van der Waals surface area contributed by atoms with Crippen molar-refractivity contribution in [1.82, 2.24) is 4.90 Å². The van der Waals surface area contributed by atoms with Crippen molar-refractivity contribution in [3.63, 3.8) is 0 Å². The first kappa shape index (κ1) is 13.4. The van der Waals surface area contributed by atoms with Gasteiger partial charge in [-0.2, -0.15) is 5.26 Å². The molecule has 0 atom stereocenters. The fraction of sp³-hybridized carbons (Fsp3) is 0.500. The summed E-state index contributed by atoms with van der Waals surface area (Å²) >= 11 is 3.43. The molecule has 1 aliphatic rings. The van der Waals surface area contributed by atoms with E-state index in [-0.39, 0.29) is 0 Å². The summed E-state index contributed by atoms with van der Waals surface area (Å²) in [5, 5.41) is 10.1. The van der Waals surface area contributed by atoms with E-state index >= 15 is 0 Å². The molecular formula is C14H18BrN3. The van der Waals surface area contributed by atoms with Crippen molar-refractivity contribution in [2.75, 3.05) is 37.6 Å². The van der Waals surface area contributed by atoms with Gasteiger partial charge in [0.05, 0.1) is 11.3 Å². The molecule has 1 aromatic carbocycles. The standard InChI is InChI=1S/C14H18BrN3/c1-2-17-5-7-18(8-6-17)14-4-3-12(10-15)9-13(14)11-16/h3-4,9H,2,5-8,10H2,1H3. The zero-order valence-electron chi connectivity index (χ0n) is 10.7. The summed E-state index contributed by atoms with van der Waals surface area (Å²) < 4.78 is 0. The van der Waals surface area contributed by atoms with Gasteiger partial charge in [-0.15, -0.1) is 0 Å². The molecule has 0 radical (unpaired) electrons. The molecular weight excluding hydrogens is 290 g/mol. The minimum atomic E-state index is 0.789. The third-order valence-corrected chi connectivity index (χ3v) is 4.14. The highest BCUT2D eigenvalue weighted by atomic mass is 79.9. The van der Waals surface area contributed by atoms with E-state index in [2.05, 4.69) is 50.9 Å². The summed E-state index contributed by atoms with van der Waals surface area (Å²) in [6.45, 7) is 7.50. The predicted molar refractivity (Wildman–Crippen MR) is 78.1 cm³/mol. The van der Waals surface area contributed by atoms with Gasteiger partial charge >= 0.3 is 0 Å². The zero-order chi connectivity index (χ0) is 13.0. The number of hydrogen-bond acceptors (Lipinski definition) is 3. The zero-order valence-corrected chi connectivity index (χ0v) is 12.3. The smallest absolute Gasteiger partial charge is 0.101 e. The van der Waals surface area contributed by atoms with Crippen LogP contribution >= 0.6 is 15.9 Å². The second-order valence-corrected chi connectivity index (χ2v) is 5.08. The summed E-state index contributed by atoms with van der Waals surface area (Å²) in [4.78, 5) is 4.76. The fourth-order valence-electron chi connectivity index (χ4n) is 2.34. The van der Waals surface area contributed by atoms with Gasteiger partial charge in [-0.1, -0.05) is 28.9 Å². The molecule has 0 aliphatic carbocycles. The highest BCUT2D eigenvalue weighted by molar-refractivity contribution is 9.08. The van der Waals surface area contributed by atoms with Crippen LogP contribution in [0.2, 0.25) is 0 Å². The van der Waals surface area contributed by atoms with Crippen molar-refractivity contribution in [2.24, 2.45) is 0 Å². The quantitative estimate of drug-likeness (QED) is 0.804. The molecule has 0 N–H and O–H groups in total. The monoisotopic (exact) mass is 307 g/mol.